The maximum Gasteiger partial charge on any atom is 0.119 e. The number of fused-ring (bicyclic) bond motifs is 2. The lowest BCUT2D eigenvalue weighted by Gasteiger charge is -2.10. The predicted octanol–water partition coefficient (Wildman–Crippen LogP) is 5.24. The molecule has 2 nitrogen and oxygen atoms in total. The van der Waals surface area contributed by atoms with Gasteiger partial charge in [-0.25, -0.2) is 0 Å². The van der Waals surface area contributed by atoms with Crippen molar-refractivity contribution in [2.24, 2.45) is 0 Å². The summed E-state index contributed by atoms with van der Waals surface area (Å²) in [5.41, 5.74) is 10.7. The van der Waals surface area contributed by atoms with Crippen molar-refractivity contribution in [3.05, 3.63) is 100 Å². The average molecular weight is 340 g/mol. The van der Waals surface area contributed by atoms with E-state index in [0.717, 1.165) is 29.7 Å². The summed E-state index contributed by atoms with van der Waals surface area (Å²) in [5.74, 6) is 1.16. The highest BCUT2D eigenvalue weighted by Gasteiger charge is 2.18. The molecule has 0 amide bonds. The summed E-state index contributed by atoms with van der Waals surface area (Å²) in [6, 6.07) is 22.0. The van der Waals surface area contributed by atoms with Crippen LogP contribution in [0.15, 0.2) is 72.5 Å². The van der Waals surface area contributed by atoms with E-state index in [1.807, 2.05) is 24.3 Å². The Balaban J connectivity index is 1.91. The number of hydrogen-bond acceptors (Lipinski definition) is 2. The normalized spacial score (nSPS) is 12.4. The van der Waals surface area contributed by atoms with Crippen LogP contribution in [0.25, 0.3) is 11.6 Å². The third-order valence-corrected chi connectivity index (χ3v) is 4.81. The number of phenolic OH excluding ortho intramolecular Hbond substituents is 1. The highest BCUT2D eigenvalue weighted by Crippen LogP contribution is 2.34. The van der Waals surface area contributed by atoms with Gasteiger partial charge in [0.25, 0.3) is 0 Å². The van der Waals surface area contributed by atoms with Crippen LogP contribution in [0.2, 0.25) is 0 Å². The summed E-state index contributed by atoms with van der Waals surface area (Å²) in [5, 5.41) is 9.47. The van der Waals surface area contributed by atoms with Gasteiger partial charge in [-0.1, -0.05) is 36.4 Å². The SMILES string of the molecule is COc1ccc2c(c1)CCc1ccccc1C2=C=Cc1ccc(O)cc1. The maximum absolute atomic E-state index is 9.47. The molecule has 0 aromatic heterocycles. The van der Waals surface area contributed by atoms with Gasteiger partial charge in [-0.05, 0) is 77.1 Å². The molecule has 3 aromatic rings. The number of ether oxygens (including phenoxy) is 1. The number of benzene rings is 3. The molecule has 0 atom stereocenters. The van der Waals surface area contributed by atoms with Crippen LogP contribution in [0.3, 0.4) is 0 Å². The van der Waals surface area contributed by atoms with Crippen LogP contribution in [0, 0.1) is 0 Å². The summed E-state index contributed by atoms with van der Waals surface area (Å²) in [6.45, 7) is 0. The summed E-state index contributed by atoms with van der Waals surface area (Å²) in [7, 11) is 1.70. The Bertz CT molecular complexity index is 1010. The minimum absolute atomic E-state index is 0.270. The molecule has 1 N–H and O–H groups in total. The number of aromatic hydroxyl groups is 1. The lowest BCUT2D eigenvalue weighted by Crippen LogP contribution is -1.93. The molecule has 0 saturated heterocycles. The lowest BCUT2D eigenvalue weighted by atomic mass is 9.94. The molecule has 0 fully saturated rings. The highest BCUT2D eigenvalue weighted by atomic mass is 16.5. The third-order valence-electron chi connectivity index (χ3n) is 4.81. The van der Waals surface area contributed by atoms with Crippen molar-refractivity contribution >= 4 is 11.6 Å². The number of hydrogen-bond donors (Lipinski definition) is 1. The van der Waals surface area contributed by atoms with Crippen molar-refractivity contribution in [2.75, 3.05) is 7.11 Å². The highest BCUT2D eigenvalue weighted by molar-refractivity contribution is 5.85. The van der Waals surface area contributed by atoms with Crippen molar-refractivity contribution < 1.29 is 9.84 Å². The van der Waals surface area contributed by atoms with Gasteiger partial charge < -0.3 is 9.84 Å². The zero-order chi connectivity index (χ0) is 17.9. The first-order valence-electron chi connectivity index (χ1n) is 8.76. The van der Waals surface area contributed by atoms with Crippen molar-refractivity contribution in [1.82, 2.24) is 0 Å². The standard InChI is InChI=1S/C24H20O2/c1-26-21-13-15-23-19(16-21)10-9-18-4-2-3-5-22(18)24(23)14-8-17-6-11-20(25)12-7-17/h2-8,11-13,15-16,25H,9-10H2,1H3. The first kappa shape index (κ1) is 16.3. The van der Waals surface area contributed by atoms with Crippen molar-refractivity contribution in [3.63, 3.8) is 0 Å². The summed E-state index contributed by atoms with van der Waals surface area (Å²) >= 11 is 0. The smallest absolute Gasteiger partial charge is 0.119 e. The molecule has 26 heavy (non-hydrogen) atoms. The Labute approximate surface area is 153 Å². The maximum atomic E-state index is 9.47. The molecule has 4 rings (SSSR count). The zero-order valence-corrected chi connectivity index (χ0v) is 14.7. The first-order valence-corrected chi connectivity index (χ1v) is 8.76. The zero-order valence-electron chi connectivity index (χ0n) is 14.7. The molecule has 1 aliphatic rings. The van der Waals surface area contributed by atoms with Crippen LogP contribution < -0.4 is 4.74 Å². The van der Waals surface area contributed by atoms with Gasteiger partial charge in [0.05, 0.1) is 7.11 Å². The molecule has 0 spiro atoms. The second kappa shape index (κ2) is 6.95. The van der Waals surface area contributed by atoms with Gasteiger partial charge in [0, 0.05) is 5.57 Å². The second-order valence-corrected chi connectivity index (χ2v) is 6.44. The average Bonchev–Trinajstić information content (AvgIpc) is 2.84. The Morgan fingerprint density at radius 2 is 1.62 bits per heavy atom. The van der Waals surface area contributed by atoms with Crippen LogP contribution in [0.4, 0.5) is 0 Å². The molecule has 0 saturated carbocycles. The second-order valence-electron chi connectivity index (χ2n) is 6.44. The molecular weight excluding hydrogens is 320 g/mol. The minimum atomic E-state index is 0.270. The van der Waals surface area contributed by atoms with E-state index in [0.29, 0.717) is 0 Å². The van der Waals surface area contributed by atoms with Crippen molar-refractivity contribution in [3.8, 4) is 11.5 Å². The van der Waals surface area contributed by atoms with E-state index in [9.17, 15) is 5.11 Å². The predicted molar refractivity (Wildman–Crippen MR) is 105 cm³/mol. The van der Waals surface area contributed by atoms with Gasteiger partial charge in [-0.3, -0.25) is 0 Å². The molecule has 3 aromatic carbocycles. The van der Waals surface area contributed by atoms with E-state index in [1.54, 1.807) is 19.2 Å². The van der Waals surface area contributed by atoms with E-state index in [2.05, 4.69) is 42.1 Å². The van der Waals surface area contributed by atoms with Crippen LogP contribution in [-0.2, 0) is 12.8 Å². The van der Waals surface area contributed by atoms with Gasteiger partial charge in [-0.2, -0.15) is 0 Å². The van der Waals surface area contributed by atoms with E-state index in [4.69, 9.17) is 4.74 Å². The van der Waals surface area contributed by atoms with Gasteiger partial charge in [0.1, 0.15) is 11.5 Å². The summed E-state index contributed by atoms with van der Waals surface area (Å²) in [6.07, 6.45) is 3.96. The fraction of sp³-hybridized carbons (Fsp3) is 0.125. The van der Waals surface area contributed by atoms with Crippen LogP contribution in [0.1, 0.15) is 27.8 Å². The van der Waals surface area contributed by atoms with E-state index in [1.165, 1.54) is 22.3 Å². The topological polar surface area (TPSA) is 29.5 Å². The fourth-order valence-corrected chi connectivity index (χ4v) is 3.43. The molecule has 0 bridgehead atoms. The van der Waals surface area contributed by atoms with Crippen molar-refractivity contribution in [2.45, 2.75) is 12.8 Å². The van der Waals surface area contributed by atoms with Crippen molar-refractivity contribution in [1.29, 1.82) is 0 Å². The summed E-state index contributed by atoms with van der Waals surface area (Å²) in [4.78, 5) is 0. The van der Waals surface area contributed by atoms with Gasteiger partial charge in [-0.15, -0.1) is 5.73 Å². The Morgan fingerprint density at radius 3 is 2.42 bits per heavy atom. The third kappa shape index (κ3) is 3.15. The molecular formula is C24H20O2. The van der Waals surface area contributed by atoms with Gasteiger partial charge in [0.15, 0.2) is 0 Å². The monoisotopic (exact) mass is 340 g/mol. The quantitative estimate of drug-likeness (QED) is 0.646. The number of methoxy groups -OCH3 is 1. The largest absolute Gasteiger partial charge is 0.508 e. The molecule has 2 heteroatoms. The number of rotatable bonds is 2. The van der Waals surface area contributed by atoms with Crippen LogP contribution >= 0.6 is 0 Å². The lowest BCUT2D eigenvalue weighted by molar-refractivity contribution is 0.414. The molecule has 128 valence electrons. The Hall–Kier alpha value is -3.22. The molecule has 0 radical (unpaired) electrons. The molecule has 0 heterocycles. The minimum Gasteiger partial charge on any atom is -0.508 e. The van der Waals surface area contributed by atoms with E-state index < -0.39 is 0 Å². The van der Waals surface area contributed by atoms with Gasteiger partial charge in [0.2, 0.25) is 0 Å². The van der Waals surface area contributed by atoms with E-state index in [-0.39, 0.29) is 5.75 Å². The molecule has 0 unspecified atom stereocenters. The Morgan fingerprint density at radius 1 is 0.885 bits per heavy atom. The first-order chi connectivity index (χ1) is 12.7. The molecule has 0 aliphatic heterocycles. The van der Waals surface area contributed by atoms with Gasteiger partial charge >= 0.3 is 0 Å². The Kier molecular flexibility index (Phi) is 4.35. The van der Waals surface area contributed by atoms with Crippen LogP contribution in [-0.4, -0.2) is 12.2 Å². The number of aryl methyl sites for hydroxylation is 2. The fourth-order valence-electron chi connectivity index (χ4n) is 3.43. The van der Waals surface area contributed by atoms with Crippen LogP contribution in [0.5, 0.6) is 11.5 Å². The van der Waals surface area contributed by atoms with E-state index >= 15 is 0 Å². The summed E-state index contributed by atoms with van der Waals surface area (Å²) < 4.78 is 5.41. The number of phenols is 1. The molecule has 1 aliphatic carbocycles.